The molecule has 2 N–H and O–H groups in total. The van der Waals surface area contributed by atoms with Gasteiger partial charge in [-0.1, -0.05) is 42.1 Å². The summed E-state index contributed by atoms with van der Waals surface area (Å²) in [5.41, 5.74) is 5.44. The Bertz CT molecular complexity index is 962. The quantitative estimate of drug-likeness (QED) is 0.590. The molecule has 1 amide bonds. The maximum atomic E-state index is 12.2. The Labute approximate surface area is 169 Å². The molecule has 0 saturated heterocycles. The van der Waals surface area contributed by atoms with Gasteiger partial charge in [0, 0.05) is 18.4 Å². The number of hydrogen-bond donors (Lipinski definition) is 2. The summed E-state index contributed by atoms with van der Waals surface area (Å²) in [5, 5.41) is 15.6. The lowest BCUT2D eigenvalue weighted by atomic mass is 10.1. The van der Waals surface area contributed by atoms with Crippen LogP contribution in [0.15, 0.2) is 47.6 Å². The average molecular weight is 396 g/mol. The third-order valence-corrected chi connectivity index (χ3v) is 5.48. The van der Waals surface area contributed by atoms with Crippen LogP contribution in [0.4, 0.5) is 11.4 Å². The summed E-state index contributed by atoms with van der Waals surface area (Å²) in [7, 11) is 1.92. The van der Waals surface area contributed by atoms with Gasteiger partial charge in [0.25, 0.3) is 0 Å². The minimum absolute atomic E-state index is 0.0613. The monoisotopic (exact) mass is 395 g/mol. The molecule has 0 saturated carbocycles. The summed E-state index contributed by atoms with van der Waals surface area (Å²) in [6, 6.07) is 14.0. The molecule has 3 rings (SSSR count). The van der Waals surface area contributed by atoms with E-state index in [4.69, 9.17) is 0 Å². The Morgan fingerprint density at radius 3 is 2.50 bits per heavy atom. The van der Waals surface area contributed by atoms with Crippen molar-refractivity contribution < 1.29 is 4.79 Å². The maximum Gasteiger partial charge on any atom is 0.234 e. The van der Waals surface area contributed by atoms with Crippen LogP contribution < -0.4 is 10.6 Å². The topological polar surface area (TPSA) is 71.8 Å². The minimum Gasteiger partial charge on any atom is -0.377 e. The first-order valence-corrected chi connectivity index (χ1v) is 10.1. The summed E-state index contributed by atoms with van der Waals surface area (Å²) < 4.78 is 1.92. The number of rotatable bonds is 7. The first-order chi connectivity index (χ1) is 13.4. The highest BCUT2D eigenvalue weighted by molar-refractivity contribution is 7.99. The summed E-state index contributed by atoms with van der Waals surface area (Å²) in [5.74, 6) is 1.04. The number of para-hydroxylation sites is 1. The van der Waals surface area contributed by atoms with Crippen molar-refractivity contribution in [2.24, 2.45) is 7.05 Å². The number of carbonyl (C=O) groups is 1. The van der Waals surface area contributed by atoms with Crippen LogP contribution >= 0.6 is 11.8 Å². The number of nitrogens with zero attached hydrogens (tertiary/aromatic N) is 3. The van der Waals surface area contributed by atoms with Gasteiger partial charge in [-0.25, -0.2) is 0 Å². The Kier molecular flexibility index (Phi) is 6.36. The van der Waals surface area contributed by atoms with Crippen molar-refractivity contribution >= 4 is 29.0 Å². The molecule has 28 heavy (non-hydrogen) atoms. The van der Waals surface area contributed by atoms with E-state index >= 15 is 0 Å². The number of thioether (sulfide) groups is 1. The predicted molar refractivity (Wildman–Crippen MR) is 115 cm³/mol. The Hall–Kier alpha value is -2.80. The highest BCUT2D eigenvalue weighted by atomic mass is 32.2. The van der Waals surface area contributed by atoms with Crippen LogP contribution in [0.5, 0.6) is 0 Å². The fourth-order valence-corrected chi connectivity index (χ4v) is 3.67. The number of benzene rings is 2. The largest absolute Gasteiger partial charge is 0.377 e. The molecule has 1 heterocycles. The van der Waals surface area contributed by atoms with Gasteiger partial charge >= 0.3 is 0 Å². The van der Waals surface area contributed by atoms with E-state index in [1.165, 1.54) is 22.9 Å². The van der Waals surface area contributed by atoms with Crippen LogP contribution in [-0.2, 0) is 18.4 Å². The number of hydrogen-bond acceptors (Lipinski definition) is 5. The highest BCUT2D eigenvalue weighted by Crippen LogP contribution is 2.21. The van der Waals surface area contributed by atoms with Crippen molar-refractivity contribution in [3.05, 3.63) is 65.0 Å². The Balaban J connectivity index is 1.56. The molecule has 6 nitrogen and oxygen atoms in total. The summed E-state index contributed by atoms with van der Waals surface area (Å²) in [4.78, 5) is 12.2. The third kappa shape index (κ3) is 4.92. The van der Waals surface area contributed by atoms with E-state index in [-0.39, 0.29) is 11.7 Å². The number of aryl methyl sites for hydroxylation is 3. The number of amides is 1. The van der Waals surface area contributed by atoms with E-state index in [0.29, 0.717) is 6.54 Å². The van der Waals surface area contributed by atoms with Crippen molar-refractivity contribution in [2.75, 3.05) is 16.4 Å². The van der Waals surface area contributed by atoms with E-state index < -0.39 is 0 Å². The van der Waals surface area contributed by atoms with Gasteiger partial charge in [0.15, 0.2) is 11.0 Å². The lowest BCUT2D eigenvalue weighted by Crippen LogP contribution is -2.14. The molecule has 0 unspecified atom stereocenters. The number of aromatic nitrogens is 3. The van der Waals surface area contributed by atoms with Crippen molar-refractivity contribution in [1.82, 2.24) is 14.8 Å². The average Bonchev–Trinajstić information content (AvgIpc) is 2.99. The number of anilines is 2. The Morgan fingerprint density at radius 1 is 1.07 bits per heavy atom. The molecule has 1 aromatic heterocycles. The predicted octanol–water partition coefficient (Wildman–Crippen LogP) is 4.08. The Morgan fingerprint density at radius 2 is 1.79 bits per heavy atom. The lowest BCUT2D eigenvalue weighted by Gasteiger charge is -2.12. The standard InChI is InChI=1S/C21H25N5OS/c1-14-7-5-10-17(11-14)23-19(27)13-28-21-25-24-18(26(21)4)12-22-20-15(2)8-6-9-16(20)3/h5-11,22H,12-13H2,1-4H3,(H,23,27). The molecule has 2 aromatic carbocycles. The minimum atomic E-state index is -0.0613. The smallest absolute Gasteiger partial charge is 0.234 e. The van der Waals surface area contributed by atoms with E-state index in [1.54, 1.807) is 0 Å². The molecule has 0 radical (unpaired) electrons. The van der Waals surface area contributed by atoms with E-state index in [2.05, 4.69) is 52.9 Å². The molecule has 3 aromatic rings. The molecule has 0 bridgehead atoms. The zero-order valence-corrected chi connectivity index (χ0v) is 17.4. The zero-order valence-electron chi connectivity index (χ0n) is 16.6. The maximum absolute atomic E-state index is 12.2. The molecule has 0 aliphatic rings. The van der Waals surface area contributed by atoms with Gasteiger partial charge in [0.05, 0.1) is 12.3 Å². The van der Waals surface area contributed by atoms with Crippen LogP contribution in [0, 0.1) is 20.8 Å². The molecule has 0 spiro atoms. The second-order valence-corrected chi connectivity index (χ2v) is 7.73. The van der Waals surface area contributed by atoms with Crippen molar-refractivity contribution in [3.63, 3.8) is 0 Å². The van der Waals surface area contributed by atoms with Crippen LogP contribution in [-0.4, -0.2) is 26.4 Å². The van der Waals surface area contributed by atoms with Gasteiger partial charge in [-0.3, -0.25) is 4.79 Å². The lowest BCUT2D eigenvalue weighted by molar-refractivity contribution is -0.113. The molecular formula is C21H25N5OS. The van der Waals surface area contributed by atoms with Crippen molar-refractivity contribution in [1.29, 1.82) is 0 Å². The molecule has 0 atom stereocenters. The SMILES string of the molecule is Cc1cccc(NC(=O)CSc2nnc(CNc3c(C)cccc3C)n2C)c1. The van der Waals surface area contributed by atoms with E-state index in [0.717, 1.165) is 27.9 Å². The summed E-state index contributed by atoms with van der Waals surface area (Å²) in [6.45, 7) is 6.74. The normalized spacial score (nSPS) is 10.7. The van der Waals surface area contributed by atoms with Crippen LogP contribution in [0.1, 0.15) is 22.5 Å². The van der Waals surface area contributed by atoms with Gasteiger partial charge in [-0.2, -0.15) is 0 Å². The summed E-state index contributed by atoms with van der Waals surface area (Å²) >= 11 is 1.38. The zero-order chi connectivity index (χ0) is 20.1. The summed E-state index contributed by atoms with van der Waals surface area (Å²) in [6.07, 6.45) is 0. The molecule has 7 heteroatoms. The van der Waals surface area contributed by atoms with Crippen LogP contribution in [0.2, 0.25) is 0 Å². The fraction of sp³-hybridized carbons (Fsp3) is 0.286. The van der Waals surface area contributed by atoms with Gasteiger partial charge in [0.1, 0.15) is 0 Å². The first-order valence-electron chi connectivity index (χ1n) is 9.11. The van der Waals surface area contributed by atoms with Gasteiger partial charge < -0.3 is 15.2 Å². The van der Waals surface area contributed by atoms with Crippen LogP contribution in [0.3, 0.4) is 0 Å². The second-order valence-electron chi connectivity index (χ2n) is 6.78. The van der Waals surface area contributed by atoms with E-state index in [9.17, 15) is 4.79 Å². The van der Waals surface area contributed by atoms with Gasteiger partial charge in [0.2, 0.25) is 5.91 Å². The van der Waals surface area contributed by atoms with Gasteiger partial charge in [-0.15, -0.1) is 10.2 Å². The molecular weight excluding hydrogens is 370 g/mol. The first kappa shape index (κ1) is 19.9. The molecule has 0 fully saturated rings. The fourth-order valence-electron chi connectivity index (χ4n) is 2.94. The highest BCUT2D eigenvalue weighted by Gasteiger charge is 2.12. The second kappa shape index (κ2) is 8.93. The molecule has 146 valence electrons. The molecule has 0 aliphatic heterocycles. The number of nitrogens with one attached hydrogen (secondary N) is 2. The van der Waals surface area contributed by atoms with Crippen LogP contribution in [0.25, 0.3) is 0 Å². The van der Waals surface area contributed by atoms with E-state index in [1.807, 2.05) is 42.8 Å². The number of carbonyl (C=O) groups excluding carboxylic acids is 1. The van der Waals surface area contributed by atoms with Crippen molar-refractivity contribution in [3.8, 4) is 0 Å². The molecule has 0 aliphatic carbocycles. The van der Waals surface area contributed by atoms with Gasteiger partial charge in [-0.05, 0) is 49.6 Å². The third-order valence-electron chi connectivity index (χ3n) is 4.46. The van der Waals surface area contributed by atoms with Crippen molar-refractivity contribution in [2.45, 2.75) is 32.5 Å².